The summed E-state index contributed by atoms with van der Waals surface area (Å²) in [4.78, 5) is 29.2. The zero-order chi connectivity index (χ0) is 19.2. The van der Waals surface area contributed by atoms with Crippen molar-refractivity contribution in [3.8, 4) is 11.3 Å². The third-order valence-corrected chi connectivity index (χ3v) is 4.60. The molecule has 0 unspecified atom stereocenters. The number of nitrogens with one attached hydrogen (secondary N) is 1. The van der Waals surface area contributed by atoms with E-state index in [1.165, 1.54) is 0 Å². The Morgan fingerprint density at radius 2 is 1.81 bits per heavy atom. The van der Waals surface area contributed by atoms with Gasteiger partial charge in [0.15, 0.2) is 5.13 Å². The number of hydrogen-bond donors (Lipinski definition) is 2. The predicted molar refractivity (Wildman–Crippen MR) is 107 cm³/mol. The van der Waals surface area contributed by atoms with Crippen molar-refractivity contribution in [1.82, 2.24) is 4.98 Å². The molecule has 0 radical (unpaired) electrons. The number of anilines is 2. The zero-order valence-electron chi connectivity index (χ0n) is 14.8. The van der Waals surface area contributed by atoms with Gasteiger partial charge in [-0.3, -0.25) is 4.79 Å². The van der Waals surface area contributed by atoms with E-state index in [1.54, 1.807) is 24.3 Å². The van der Waals surface area contributed by atoms with E-state index >= 15 is 0 Å². The fourth-order valence-electron chi connectivity index (χ4n) is 2.44. The van der Waals surface area contributed by atoms with Crippen LogP contribution in [0.25, 0.3) is 11.3 Å². The van der Waals surface area contributed by atoms with Gasteiger partial charge in [-0.2, -0.15) is 0 Å². The second-order valence-corrected chi connectivity index (χ2v) is 6.79. The van der Waals surface area contributed by atoms with Crippen molar-refractivity contribution in [1.29, 1.82) is 0 Å². The molecule has 1 heterocycles. The van der Waals surface area contributed by atoms with Gasteiger partial charge >= 0.3 is 5.97 Å². The normalized spacial score (nSPS) is 10.4. The number of benzene rings is 2. The maximum atomic E-state index is 12.7. The Kier molecular flexibility index (Phi) is 5.83. The highest BCUT2D eigenvalue weighted by Crippen LogP contribution is 2.30. The lowest BCUT2D eigenvalue weighted by Crippen LogP contribution is -2.12. The molecule has 0 spiro atoms. The number of nitrogens with two attached hydrogens (primary N) is 1. The van der Waals surface area contributed by atoms with E-state index in [4.69, 9.17) is 10.5 Å². The average molecular weight is 381 g/mol. The van der Waals surface area contributed by atoms with E-state index in [0.717, 1.165) is 23.3 Å². The Hall–Kier alpha value is -3.19. The summed E-state index contributed by atoms with van der Waals surface area (Å²) in [6.07, 6.45) is 0.765. The molecular formula is C20H19N3O3S. The van der Waals surface area contributed by atoms with Crippen molar-refractivity contribution >= 4 is 34.0 Å². The number of ether oxygens (including phenoxy) is 1. The fraction of sp³-hybridized carbons (Fsp3) is 0.150. The molecule has 138 valence electrons. The number of hydrogen-bond acceptors (Lipinski definition) is 6. The molecule has 0 aliphatic carbocycles. The quantitative estimate of drug-likeness (QED) is 0.624. The lowest BCUT2D eigenvalue weighted by atomic mass is 10.1. The van der Waals surface area contributed by atoms with Crippen LogP contribution in [0.4, 0.5) is 10.8 Å². The van der Waals surface area contributed by atoms with Gasteiger partial charge in [0.2, 0.25) is 0 Å². The molecule has 0 bridgehead atoms. The van der Waals surface area contributed by atoms with Crippen molar-refractivity contribution in [3.05, 3.63) is 65.0 Å². The number of nitrogens with zero attached hydrogens (tertiary/aromatic N) is 1. The summed E-state index contributed by atoms with van der Waals surface area (Å²) in [5.41, 5.74) is 8.20. The number of rotatable bonds is 6. The van der Waals surface area contributed by atoms with Crippen molar-refractivity contribution in [3.63, 3.8) is 0 Å². The van der Waals surface area contributed by atoms with Crippen molar-refractivity contribution in [2.24, 2.45) is 0 Å². The van der Waals surface area contributed by atoms with Crippen LogP contribution in [0.2, 0.25) is 0 Å². The minimum atomic E-state index is -0.378. The van der Waals surface area contributed by atoms with Crippen LogP contribution in [0.3, 0.4) is 0 Å². The molecule has 1 aromatic heterocycles. The second-order valence-electron chi connectivity index (χ2n) is 5.76. The summed E-state index contributed by atoms with van der Waals surface area (Å²) in [6.45, 7) is 2.31. The van der Waals surface area contributed by atoms with E-state index in [1.807, 2.05) is 37.3 Å². The first kappa shape index (κ1) is 18.6. The maximum absolute atomic E-state index is 12.7. The molecule has 3 rings (SSSR count). The Labute approximate surface area is 161 Å². The van der Waals surface area contributed by atoms with Gasteiger partial charge in [-0.15, -0.1) is 0 Å². The van der Waals surface area contributed by atoms with E-state index in [2.05, 4.69) is 10.3 Å². The molecule has 0 atom stereocenters. The van der Waals surface area contributed by atoms with E-state index in [-0.39, 0.29) is 11.9 Å². The van der Waals surface area contributed by atoms with Crippen LogP contribution in [0, 0.1) is 0 Å². The monoisotopic (exact) mass is 381 g/mol. The first-order valence-electron chi connectivity index (χ1n) is 8.48. The molecular weight excluding hydrogens is 362 g/mol. The highest BCUT2D eigenvalue weighted by Gasteiger charge is 2.19. The summed E-state index contributed by atoms with van der Waals surface area (Å²) in [5.74, 6) is -0.680. The Bertz CT molecular complexity index is 937. The smallest absolute Gasteiger partial charge is 0.338 e. The highest BCUT2D eigenvalue weighted by atomic mass is 32.1. The molecule has 3 aromatic rings. The Morgan fingerprint density at radius 3 is 2.48 bits per heavy atom. The molecule has 0 saturated heterocycles. The first-order chi connectivity index (χ1) is 13.1. The fourth-order valence-corrected chi connectivity index (χ4v) is 3.19. The molecule has 3 N–H and O–H groups in total. The van der Waals surface area contributed by atoms with Crippen LogP contribution in [0.5, 0.6) is 0 Å². The molecule has 0 aliphatic rings. The zero-order valence-corrected chi connectivity index (χ0v) is 15.6. The van der Waals surface area contributed by atoms with Crippen LogP contribution in [-0.4, -0.2) is 23.5 Å². The standard InChI is InChI=1S/C20H19N3O3S/c1-2-12-26-19(25)14-8-10-15(11-9-14)22-18(24)17-16(23-20(21)27-17)13-6-4-3-5-7-13/h3-11H,2,12H2,1H3,(H2,21,23)(H,22,24). The molecule has 27 heavy (non-hydrogen) atoms. The van der Waals surface area contributed by atoms with Gasteiger partial charge in [-0.1, -0.05) is 48.6 Å². The van der Waals surface area contributed by atoms with Crippen molar-refractivity contribution in [2.75, 3.05) is 17.7 Å². The van der Waals surface area contributed by atoms with Crippen LogP contribution in [0.15, 0.2) is 54.6 Å². The van der Waals surface area contributed by atoms with Gasteiger partial charge in [-0.05, 0) is 30.7 Å². The van der Waals surface area contributed by atoms with Crippen LogP contribution >= 0.6 is 11.3 Å². The maximum Gasteiger partial charge on any atom is 0.338 e. The summed E-state index contributed by atoms with van der Waals surface area (Å²) in [5, 5.41) is 3.14. The Balaban J connectivity index is 1.76. The summed E-state index contributed by atoms with van der Waals surface area (Å²) < 4.78 is 5.09. The molecule has 0 aliphatic heterocycles. The van der Waals surface area contributed by atoms with Gasteiger partial charge in [0, 0.05) is 11.3 Å². The van der Waals surface area contributed by atoms with Crippen LogP contribution in [0.1, 0.15) is 33.4 Å². The number of esters is 1. The van der Waals surface area contributed by atoms with Crippen molar-refractivity contribution < 1.29 is 14.3 Å². The number of aromatic nitrogens is 1. The van der Waals surface area contributed by atoms with Gasteiger partial charge in [0.05, 0.1) is 17.9 Å². The highest BCUT2D eigenvalue weighted by molar-refractivity contribution is 7.17. The van der Waals surface area contributed by atoms with Gasteiger partial charge < -0.3 is 15.8 Å². The molecule has 0 fully saturated rings. The largest absolute Gasteiger partial charge is 0.462 e. The number of carbonyl (C=O) groups is 2. The van der Waals surface area contributed by atoms with Gasteiger partial charge in [0.25, 0.3) is 5.91 Å². The minimum absolute atomic E-state index is 0.302. The molecule has 6 nitrogen and oxygen atoms in total. The Morgan fingerprint density at radius 1 is 1.11 bits per heavy atom. The molecule has 1 amide bonds. The van der Waals surface area contributed by atoms with E-state index in [9.17, 15) is 9.59 Å². The SMILES string of the molecule is CCCOC(=O)c1ccc(NC(=O)c2sc(N)nc2-c2ccccc2)cc1. The topological polar surface area (TPSA) is 94.3 Å². The lowest BCUT2D eigenvalue weighted by molar-refractivity contribution is 0.0505. The lowest BCUT2D eigenvalue weighted by Gasteiger charge is -2.07. The average Bonchev–Trinajstić information content (AvgIpc) is 3.09. The van der Waals surface area contributed by atoms with Gasteiger partial charge in [-0.25, -0.2) is 9.78 Å². The van der Waals surface area contributed by atoms with E-state index in [0.29, 0.717) is 33.6 Å². The third-order valence-electron chi connectivity index (χ3n) is 3.71. The van der Waals surface area contributed by atoms with E-state index < -0.39 is 0 Å². The third kappa shape index (κ3) is 4.51. The van der Waals surface area contributed by atoms with Gasteiger partial charge in [0.1, 0.15) is 4.88 Å². The minimum Gasteiger partial charge on any atom is -0.462 e. The molecule has 7 heteroatoms. The van der Waals surface area contributed by atoms with Crippen molar-refractivity contribution in [2.45, 2.75) is 13.3 Å². The number of thiazole rings is 1. The van der Waals surface area contributed by atoms with Crippen LogP contribution < -0.4 is 11.1 Å². The first-order valence-corrected chi connectivity index (χ1v) is 9.30. The molecule has 0 saturated carbocycles. The number of carbonyl (C=O) groups excluding carboxylic acids is 2. The summed E-state index contributed by atoms with van der Waals surface area (Å²) in [6, 6.07) is 16.0. The summed E-state index contributed by atoms with van der Waals surface area (Å²) >= 11 is 1.13. The predicted octanol–water partition coefficient (Wildman–Crippen LogP) is 4.21. The van der Waals surface area contributed by atoms with Crippen LogP contribution in [-0.2, 0) is 4.74 Å². The number of amides is 1. The number of nitrogen functional groups attached to an aromatic ring is 1. The second kappa shape index (κ2) is 8.46. The summed E-state index contributed by atoms with van der Waals surface area (Å²) in [7, 11) is 0. The molecule has 2 aromatic carbocycles.